The fourth-order valence-corrected chi connectivity index (χ4v) is 1.36. The van der Waals surface area contributed by atoms with E-state index in [1.54, 1.807) is 12.3 Å². The molecule has 1 aromatic heterocycles. The summed E-state index contributed by atoms with van der Waals surface area (Å²) in [7, 11) is 0. The lowest BCUT2D eigenvalue weighted by Crippen LogP contribution is -2.16. The van der Waals surface area contributed by atoms with E-state index >= 15 is 0 Å². The van der Waals surface area contributed by atoms with Gasteiger partial charge in [-0.3, -0.25) is 4.79 Å². The summed E-state index contributed by atoms with van der Waals surface area (Å²) in [6.45, 7) is 0. The molecule has 1 aliphatic rings. The predicted molar refractivity (Wildman–Crippen MR) is 46.7 cm³/mol. The molecule has 0 unspecified atom stereocenters. The van der Waals surface area contributed by atoms with Crippen molar-refractivity contribution in [3.05, 3.63) is 34.2 Å². The molecular weight excluding hydrogens is 152 g/mol. The van der Waals surface area contributed by atoms with Crippen molar-refractivity contribution >= 4 is 0 Å². The van der Waals surface area contributed by atoms with Crippen molar-refractivity contribution in [3.8, 4) is 0 Å². The van der Waals surface area contributed by atoms with Crippen molar-refractivity contribution < 1.29 is 0 Å². The van der Waals surface area contributed by atoms with Gasteiger partial charge in [-0.1, -0.05) is 0 Å². The van der Waals surface area contributed by atoms with Gasteiger partial charge in [0.05, 0.1) is 0 Å². The van der Waals surface area contributed by atoms with Crippen molar-refractivity contribution in [2.45, 2.75) is 18.9 Å². The van der Waals surface area contributed by atoms with E-state index in [4.69, 9.17) is 5.73 Å². The lowest BCUT2D eigenvalue weighted by atomic mass is 10.1. The number of aromatic amines is 1. The molecule has 0 saturated heterocycles. The second kappa shape index (κ2) is 2.75. The second-order valence-electron chi connectivity index (χ2n) is 3.34. The van der Waals surface area contributed by atoms with Crippen molar-refractivity contribution in [2.75, 3.05) is 0 Å². The van der Waals surface area contributed by atoms with Crippen LogP contribution >= 0.6 is 0 Å². The molecule has 3 N–H and O–H groups in total. The summed E-state index contributed by atoms with van der Waals surface area (Å²) in [5, 5.41) is 0. The van der Waals surface area contributed by atoms with Gasteiger partial charge in [-0.05, 0) is 18.8 Å². The molecular formula is C9H12N2O. The topological polar surface area (TPSA) is 58.9 Å². The molecule has 3 nitrogen and oxygen atoms in total. The SMILES string of the molecule is N[C@H](c1cc(=O)cc[nH]1)C1CC1. The number of nitrogens with one attached hydrogen (secondary N) is 1. The zero-order chi connectivity index (χ0) is 8.55. The van der Waals surface area contributed by atoms with E-state index in [-0.39, 0.29) is 11.5 Å². The highest BCUT2D eigenvalue weighted by Crippen LogP contribution is 2.38. The van der Waals surface area contributed by atoms with Crippen molar-refractivity contribution in [1.29, 1.82) is 0 Å². The number of rotatable bonds is 2. The molecule has 1 aliphatic carbocycles. The Hall–Kier alpha value is -1.09. The molecule has 2 rings (SSSR count). The Morgan fingerprint density at radius 1 is 1.58 bits per heavy atom. The third-order valence-electron chi connectivity index (χ3n) is 2.28. The lowest BCUT2D eigenvalue weighted by Gasteiger charge is -2.08. The average Bonchev–Trinajstić information content (AvgIpc) is 2.85. The van der Waals surface area contributed by atoms with Crippen LogP contribution in [-0.2, 0) is 0 Å². The largest absolute Gasteiger partial charge is 0.363 e. The summed E-state index contributed by atoms with van der Waals surface area (Å²) in [5.41, 5.74) is 6.79. The first-order chi connectivity index (χ1) is 5.77. The summed E-state index contributed by atoms with van der Waals surface area (Å²) in [6.07, 6.45) is 4.04. The van der Waals surface area contributed by atoms with Crippen LogP contribution in [0.1, 0.15) is 24.6 Å². The molecule has 3 heteroatoms. The van der Waals surface area contributed by atoms with Gasteiger partial charge in [0.15, 0.2) is 5.43 Å². The van der Waals surface area contributed by atoms with Crippen LogP contribution in [0.25, 0.3) is 0 Å². The minimum Gasteiger partial charge on any atom is -0.363 e. The summed E-state index contributed by atoms with van der Waals surface area (Å²) < 4.78 is 0. The van der Waals surface area contributed by atoms with Gasteiger partial charge in [0.1, 0.15) is 0 Å². The monoisotopic (exact) mass is 164 g/mol. The Morgan fingerprint density at radius 2 is 2.33 bits per heavy atom. The van der Waals surface area contributed by atoms with Gasteiger partial charge in [0.2, 0.25) is 0 Å². The summed E-state index contributed by atoms with van der Waals surface area (Å²) in [5.74, 6) is 0.586. The van der Waals surface area contributed by atoms with Crippen LogP contribution in [0.3, 0.4) is 0 Å². The maximum Gasteiger partial charge on any atom is 0.181 e. The van der Waals surface area contributed by atoms with E-state index in [9.17, 15) is 4.79 Å². The van der Waals surface area contributed by atoms with Crippen LogP contribution < -0.4 is 11.2 Å². The highest BCUT2D eigenvalue weighted by Gasteiger charge is 2.29. The van der Waals surface area contributed by atoms with Gasteiger partial charge in [0.25, 0.3) is 0 Å². The second-order valence-corrected chi connectivity index (χ2v) is 3.34. The highest BCUT2D eigenvalue weighted by atomic mass is 16.1. The van der Waals surface area contributed by atoms with E-state index in [2.05, 4.69) is 4.98 Å². The number of nitrogens with two attached hydrogens (primary N) is 1. The molecule has 1 fully saturated rings. The molecule has 0 aromatic carbocycles. The van der Waals surface area contributed by atoms with Crippen LogP contribution in [-0.4, -0.2) is 4.98 Å². The maximum atomic E-state index is 11.0. The number of aromatic nitrogens is 1. The number of pyridine rings is 1. The molecule has 0 radical (unpaired) electrons. The lowest BCUT2D eigenvalue weighted by molar-refractivity contribution is 0.614. The molecule has 0 bridgehead atoms. The number of hydrogen-bond donors (Lipinski definition) is 2. The van der Waals surface area contributed by atoms with Crippen LogP contribution in [0.15, 0.2) is 23.1 Å². The van der Waals surface area contributed by atoms with E-state index in [1.807, 2.05) is 0 Å². The molecule has 0 aliphatic heterocycles. The number of H-pyrrole nitrogens is 1. The molecule has 0 amide bonds. The quantitative estimate of drug-likeness (QED) is 0.678. The first-order valence-corrected chi connectivity index (χ1v) is 4.21. The van der Waals surface area contributed by atoms with E-state index < -0.39 is 0 Å². The summed E-state index contributed by atoms with van der Waals surface area (Å²) in [4.78, 5) is 14.0. The van der Waals surface area contributed by atoms with Gasteiger partial charge >= 0.3 is 0 Å². The molecule has 1 atom stereocenters. The minimum atomic E-state index is 0.0268. The molecule has 1 aromatic rings. The predicted octanol–water partition coefficient (Wildman–Crippen LogP) is 0.785. The molecule has 1 heterocycles. The fourth-order valence-electron chi connectivity index (χ4n) is 1.36. The highest BCUT2D eigenvalue weighted by molar-refractivity contribution is 5.11. The van der Waals surface area contributed by atoms with Crippen LogP contribution in [0.2, 0.25) is 0 Å². The van der Waals surface area contributed by atoms with Gasteiger partial charge in [-0.2, -0.15) is 0 Å². The van der Waals surface area contributed by atoms with Crippen molar-refractivity contribution in [3.63, 3.8) is 0 Å². The first kappa shape index (κ1) is 7.55. The smallest absolute Gasteiger partial charge is 0.181 e. The Kier molecular flexibility index (Phi) is 1.73. The van der Waals surface area contributed by atoms with Crippen LogP contribution in [0.5, 0.6) is 0 Å². The average molecular weight is 164 g/mol. The Balaban J connectivity index is 2.26. The van der Waals surface area contributed by atoms with E-state index in [0.717, 1.165) is 5.69 Å². The normalized spacial score (nSPS) is 19.1. The molecule has 12 heavy (non-hydrogen) atoms. The zero-order valence-electron chi connectivity index (χ0n) is 6.79. The summed E-state index contributed by atoms with van der Waals surface area (Å²) in [6, 6.07) is 3.12. The minimum absolute atomic E-state index is 0.0268. The summed E-state index contributed by atoms with van der Waals surface area (Å²) >= 11 is 0. The van der Waals surface area contributed by atoms with Gasteiger partial charge in [-0.15, -0.1) is 0 Å². The maximum absolute atomic E-state index is 11.0. The molecule has 1 saturated carbocycles. The first-order valence-electron chi connectivity index (χ1n) is 4.21. The van der Waals surface area contributed by atoms with E-state index in [0.29, 0.717) is 5.92 Å². The van der Waals surface area contributed by atoms with Gasteiger partial charge < -0.3 is 10.7 Å². The number of hydrogen-bond acceptors (Lipinski definition) is 2. The fraction of sp³-hybridized carbons (Fsp3) is 0.444. The Bertz CT molecular complexity index is 327. The van der Waals surface area contributed by atoms with Gasteiger partial charge in [-0.25, -0.2) is 0 Å². The Labute approximate surface area is 70.6 Å². The van der Waals surface area contributed by atoms with Gasteiger partial charge in [0, 0.05) is 30.1 Å². The molecule has 64 valence electrons. The standard InChI is InChI=1S/C9H12N2O/c10-9(6-1-2-6)8-5-7(12)3-4-11-8/h3-6,9H,1-2,10H2,(H,11,12)/t9-/m0/s1. The third kappa shape index (κ3) is 1.41. The van der Waals surface area contributed by atoms with E-state index in [1.165, 1.54) is 18.9 Å². The van der Waals surface area contributed by atoms with Crippen molar-refractivity contribution in [1.82, 2.24) is 4.98 Å². The zero-order valence-corrected chi connectivity index (χ0v) is 6.79. The third-order valence-corrected chi connectivity index (χ3v) is 2.28. The molecule has 0 spiro atoms. The van der Waals surface area contributed by atoms with Crippen LogP contribution in [0, 0.1) is 5.92 Å². The Morgan fingerprint density at radius 3 is 2.92 bits per heavy atom. The van der Waals surface area contributed by atoms with Crippen LogP contribution in [0.4, 0.5) is 0 Å². The van der Waals surface area contributed by atoms with Crippen molar-refractivity contribution in [2.24, 2.45) is 11.7 Å².